The van der Waals surface area contributed by atoms with E-state index in [-0.39, 0.29) is 11.9 Å². The SMILES string of the molecule is CCCNc1nc(C)cc(NC(C)C(=O)N(C)C)n1. The summed E-state index contributed by atoms with van der Waals surface area (Å²) >= 11 is 0. The summed E-state index contributed by atoms with van der Waals surface area (Å²) in [6, 6.07) is 1.51. The fourth-order valence-corrected chi connectivity index (χ4v) is 1.63. The summed E-state index contributed by atoms with van der Waals surface area (Å²) in [5.41, 5.74) is 0.862. The quantitative estimate of drug-likeness (QED) is 0.815. The minimum Gasteiger partial charge on any atom is -0.358 e. The zero-order valence-corrected chi connectivity index (χ0v) is 12.3. The Labute approximate surface area is 114 Å². The maximum absolute atomic E-state index is 11.8. The number of carbonyl (C=O) groups is 1. The van der Waals surface area contributed by atoms with Gasteiger partial charge in [-0.3, -0.25) is 4.79 Å². The molecular weight excluding hydrogens is 242 g/mol. The van der Waals surface area contributed by atoms with E-state index in [0.29, 0.717) is 11.8 Å². The molecule has 0 aromatic carbocycles. The molecule has 6 nitrogen and oxygen atoms in total. The van der Waals surface area contributed by atoms with E-state index in [2.05, 4.69) is 27.5 Å². The summed E-state index contributed by atoms with van der Waals surface area (Å²) in [5, 5.41) is 6.24. The number of likely N-dealkylation sites (N-methyl/N-ethyl adjacent to an activating group) is 1. The Hall–Kier alpha value is -1.85. The molecule has 0 bridgehead atoms. The van der Waals surface area contributed by atoms with Gasteiger partial charge in [-0.1, -0.05) is 6.92 Å². The third kappa shape index (κ3) is 4.73. The molecule has 1 atom stereocenters. The second kappa shape index (κ2) is 6.92. The van der Waals surface area contributed by atoms with Gasteiger partial charge in [-0.2, -0.15) is 4.98 Å². The monoisotopic (exact) mass is 265 g/mol. The highest BCUT2D eigenvalue weighted by Gasteiger charge is 2.15. The lowest BCUT2D eigenvalue weighted by Gasteiger charge is -2.19. The van der Waals surface area contributed by atoms with E-state index in [4.69, 9.17) is 0 Å². The molecule has 1 unspecified atom stereocenters. The first-order valence-corrected chi connectivity index (χ1v) is 6.51. The van der Waals surface area contributed by atoms with Crippen LogP contribution in [0, 0.1) is 6.92 Å². The average molecular weight is 265 g/mol. The highest BCUT2D eigenvalue weighted by molar-refractivity contribution is 5.83. The van der Waals surface area contributed by atoms with Crippen molar-refractivity contribution in [2.75, 3.05) is 31.3 Å². The molecule has 0 saturated carbocycles. The molecule has 1 heterocycles. The molecule has 0 aliphatic heterocycles. The van der Waals surface area contributed by atoms with Gasteiger partial charge in [-0.15, -0.1) is 0 Å². The molecule has 106 valence electrons. The van der Waals surface area contributed by atoms with Gasteiger partial charge < -0.3 is 15.5 Å². The van der Waals surface area contributed by atoms with Crippen LogP contribution in [0.5, 0.6) is 0 Å². The number of nitrogens with zero attached hydrogens (tertiary/aromatic N) is 3. The van der Waals surface area contributed by atoms with Crippen LogP contribution < -0.4 is 10.6 Å². The minimum absolute atomic E-state index is 0.0133. The van der Waals surface area contributed by atoms with Crippen LogP contribution in [0.3, 0.4) is 0 Å². The standard InChI is InChI=1S/C13H23N5O/c1-6-7-14-13-15-9(2)8-11(17-13)16-10(3)12(19)18(4)5/h8,10H,6-7H2,1-5H3,(H2,14,15,16,17). The van der Waals surface area contributed by atoms with Gasteiger partial charge in [0.1, 0.15) is 11.9 Å². The van der Waals surface area contributed by atoms with Crippen LogP contribution in [0.4, 0.5) is 11.8 Å². The number of amides is 1. The normalized spacial score (nSPS) is 11.8. The van der Waals surface area contributed by atoms with Crippen LogP contribution >= 0.6 is 0 Å². The smallest absolute Gasteiger partial charge is 0.244 e. The number of aromatic nitrogens is 2. The van der Waals surface area contributed by atoms with Gasteiger partial charge in [0.25, 0.3) is 0 Å². The van der Waals surface area contributed by atoms with Gasteiger partial charge in [0.15, 0.2) is 0 Å². The molecule has 0 radical (unpaired) electrons. The Morgan fingerprint density at radius 3 is 2.68 bits per heavy atom. The Morgan fingerprint density at radius 2 is 2.11 bits per heavy atom. The van der Waals surface area contributed by atoms with Gasteiger partial charge in [-0.05, 0) is 20.3 Å². The van der Waals surface area contributed by atoms with Crippen molar-refractivity contribution in [3.63, 3.8) is 0 Å². The van der Waals surface area contributed by atoms with E-state index in [0.717, 1.165) is 18.7 Å². The Balaban J connectivity index is 2.77. The van der Waals surface area contributed by atoms with E-state index in [1.165, 1.54) is 0 Å². The van der Waals surface area contributed by atoms with Crippen molar-refractivity contribution in [2.24, 2.45) is 0 Å². The van der Waals surface area contributed by atoms with Crippen LogP contribution in [0.1, 0.15) is 26.0 Å². The minimum atomic E-state index is -0.316. The van der Waals surface area contributed by atoms with E-state index < -0.39 is 0 Å². The lowest BCUT2D eigenvalue weighted by atomic mass is 10.3. The number of anilines is 2. The van der Waals surface area contributed by atoms with Gasteiger partial charge in [0.05, 0.1) is 0 Å². The summed E-state index contributed by atoms with van der Waals surface area (Å²) in [5.74, 6) is 1.27. The molecular formula is C13H23N5O. The maximum Gasteiger partial charge on any atom is 0.244 e. The van der Waals surface area contributed by atoms with E-state index in [1.807, 2.05) is 19.9 Å². The summed E-state index contributed by atoms with van der Waals surface area (Å²) in [7, 11) is 3.47. The number of hydrogen-bond acceptors (Lipinski definition) is 5. The number of hydrogen-bond donors (Lipinski definition) is 2. The molecule has 1 rings (SSSR count). The molecule has 0 aliphatic carbocycles. The summed E-state index contributed by atoms with van der Waals surface area (Å²) in [6.07, 6.45) is 1.01. The summed E-state index contributed by atoms with van der Waals surface area (Å²) in [4.78, 5) is 22.0. The predicted octanol–water partition coefficient (Wildman–Crippen LogP) is 1.50. The third-order valence-corrected chi connectivity index (χ3v) is 2.56. The fraction of sp³-hybridized carbons (Fsp3) is 0.615. The topological polar surface area (TPSA) is 70.2 Å². The molecule has 19 heavy (non-hydrogen) atoms. The second-order valence-electron chi connectivity index (χ2n) is 4.74. The van der Waals surface area contributed by atoms with Crippen molar-refractivity contribution >= 4 is 17.7 Å². The van der Waals surface area contributed by atoms with E-state index >= 15 is 0 Å². The summed E-state index contributed by atoms with van der Waals surface area (Å²) in [6.45, 7) is 6.64. The predicted molar refractivity (Wildman–Crippen MR) is 77.3 cm³/mol. The lowest BCUT2D eigenvalue weighted by Crippen LogP contribution is -2.36. The maximum atomic E-state index is 11.8. The Kier molecular flexibility index (Phi) is 5.54. The molecule has 2 N–H and O–H groups in total. The van der Waals surface area contributed by atoms with Gasteiger partial charge >= 0.3 is 0 Å². The lowest BCUT2D eigenvalue weighted by molar-refractivity contribution is -0.129. The second-order valence-corrected chi connectivity index (χ2v) is 4.74. The van der Waals surface area contributed by atoms with Crippen molar-refractivity contribution in [2.45, 2.75) is 33.2 Å². The summed E-state index contributed by atoms with van der Waals surface area (Å²) < 4.78 is 0. The third-order valence-electron chi connectivity index (χ3n) is 2.56. The van der Waals surface area contributed by atoms with Crippen LogP contribution in [0.25, 0.3) is 0 Å². The Bertz CT molecular complexity index is 433. The van der Waals surface area contributed by atoms with Crippen LogP contribution in [-0.4, -0.2) is 47.5 Å². The zero-order chi connectivity index (χ0) is 14.4. The highest BCUT2D eigenvalue weighted by Crippen LogP contribution is 2.11. The number of aryl methyl sites for hydroxylation is 1. The molecule has 1 aromatic rings. The van der Waals surface area contributed by atoms with Gasteiger partial charge in [0.2, 0.25) is 11.9 Å². The molecule has 1 aromatic heterocycles. The first-order chi connectivity index (χ1) is 8.93. The molecule has 1 amide bonds. The number of nitrogens with one attached hydrogen (secondary N) is 2. The van der Waals surface area contributed by atoms with Crippen LogP contribution in [-0.2, 0) is 4.79 Å². The van der Waals surface area contributed by atoms with Crippen molar-refractivity contribution < 1.29 is 4.79 Å². The molecule has 0 aliphatic rings. The molecule has 0 saturated heterocycles. The average Bonchev–Trinajstić information content (AvgIpc) is 2.34. The van der Waals surface area contributed by atoms with Crippen molar-refractivity contribution in [1.82, 2.24) is 14.9 Å². The van der Waals surface area contributed by atoms with Gasteiger partial charge in [-0.25, -0.2) is 4.98 Å². The van der Waals surface area contributed by atoms with Crippen LogP contribution in [0.15, 0.2) is 6.07 Å². The number of carbonyl (C=O) groups excluding carboxylic acids is 1. The van der Waals surface area contributed by atoms with E-state index in [1.54, 1.807) is 19.0 Å². The highest BCUT2D eigenvalue weighted by atomic mass is 16.2. The van der Waals surface area contributed by atoms with E-state index in [9.17, 15) is 4.79 Å². The number of rotatable bonds is 6. The van der Waals surface area contributed by atoms with Crippen molar-refractivity contribution in [1.29, 1.82) is 0 Å². The van der Waals surface area contributed by atoms with Crippen molar-refractivity contribution in [3.8, 4) is 0 Å². The largest absolute Gasteiger partial charge is 0.358 e. The Morgan fingerprint density at radius 1 is 1.42 bits per heavy atom. The van der Waals surface area contributed by atoms with Crippen molar-refractivity contribution in [3.05, 3.63) is 11.8 Å². The first kappa shape index (κ1) is 15.2. The van der Waals surface area contributed by atoms with Gasteiger partial charge in [0, 0.05) is 32.4 Å². The first-order valence-electron chi connectivity index (χ1n) is 6.51. The molecule has 0 spiro atoms. The van der Waals surface area contributed by atoms with Crippen LogP contribution in [0.2, 0.25) is 0 Å². The molecule has 0 fully saturated rings. The zero-order valence-electron chi connectivity index (χ0n) is 12.3. The fourth-order valence-electron chi connectivity index (χ4n) is 1.63. The molecule has 6 heteroatoms.